The predicted octanol–water partition coefficient (Wildman–Crippen LogP) is 6.88. The van der Waals surface area contributed by atoms with E-state index in [0.717, 1.165) is 55.8 Å². The minimum Gasteiger partial charge on any atom is -0.254 e. The van der Waals surface area contributed by atoms with Gasteiger partial charge < -0.3 is 0 Å². The van der Waals surface area contributed by atoms with E-state index in [-0.39, 0.29) is 0 Å². The molecule has 0 spiro atoms. The number of carbonyl (C=O) groups is 1. The van der Waals surface area contributed by atoms with Crippen LogP contribution < -0.4 is 0 Å². The second kappa shape index (κ2) is 6.45. The van der Waals surface area contributed by atoms with Gasteiger partial charge in [0.25, 0.3) is 0 Å². The molecule has 5 aliphatic rings. The molecule has 9 atom stereocenters. The summed E-state index contributed by atoms with van der Waals surface area (Å²) in [5.41, 5.74) is 0.427. The van der Waals surface area contributed by atoms with Gasteiger partial charge in [0.2, 0.25) is 0 Å². The van der Waals surface area contributed by atoms with Crippen LogP contribution in [0.2, 0.25) is 0 Å². The Morgan fingerprint density at radius 2 is 1.54 bits per heavy atom. The lowest BCUT2D eigenvalue weighted by atomic mass is 9.38. The van der Waals surface area contributed by atoms with Crippen molar-refractivity contribution in [3.8, 4) is 0 Å². The van der Waals surface area contributed by atoms with Crippen molar-refractivity contribution in [2.45, 2.75) is 97.8 Å². The highest BCUT2D eigenvalue weighted by molar-refractivity contribution is 5.77. The van der Waals surface area contributed by atoms with Gasteiger partial charge in [-0.2, -0.15) is 0 Å². The topological polar surface area (TPSA) is 26.3 Å². The van der Waals surface area contributed by atoms with Crippen molar-refractivity contribution < 1.29 is 14.3 Å². The molecule has 0 aromatic heterocycles. The Hall–Kier alpha value is -0.600. The Bertz CT molecular complexity index is 648. The van der Waals surface area contributed by atoms with Crippen LogP contribution in [0.15, 0.2) is 0 Å². The normalized spacial score (nSPS) is 55.4. The van der Waals surface area contributed by atoms with E-state index in [2.05, 4.69) is 25.7 Å². The second-order valence-electron chi connectivity index (χ2n) is 12.0. The van der Waals surface area contributed by atoms with E-state index < -0.39 is 11.4 Å². The summed E-state index contributed by atoms with van der Waals surface area (Å²) in [5.74, 6) is 3.79. The van der Waals surface area contributed by atoms with Crippen molar-refractivity contribution in [1.82, 2.24) is 0 Å². The third-order valence-electron chi connectivity index (χ3n) is 11.4. The van der Waals surface area contributed by atoms with Crippen LogP contribution in [0.1, 0.15) is 97.8 Å². The van der Waals surface area contributed by atoms with Gasteiger partial charge in [-0.25, -0.2) is 4.79 Å². The minimum atomic E-state index is -0.544. The lowest BCUT2D eigenvalue weighted by Gasteiger charge is -2.67. The number of fused-ring (bicyclic) bond motifs is 7. The molecule has 28 heavy (non-hydrogen) atoms. The molecule has 0 saturated heterocycles. The SMILES string of the molecule is CC1CCCC2(C)C1CCC1(C)C3CCC4(C(=O)OF)CCCC4C3CCC21. The summed E-state index contributed by atoms with van der Waals surface area (Å²) in [4.78, 5) is 16.4. The van der Waals surface area contributed by atoms with Gasteiger partial charge in [0, 0.05) is 4.53 Å². The monoisotopic (exact) mass is 390 g/mol. The van der Waals surface area contributed by atoms with E-state index in [1.165, 1.54) is 44.9 Å². The van der Waals surface area contributed by atoms with Crippen molar-refractivity contribution in [2.24, 2.45) is 51.8 Å². The van der Waals surface area contributed by atoms with Gasteiger partial charge in [-0.1, -0.05) is 40.0 Å². The maximum Gasteiger partial charge on any atom is 0.355 e. The van der Waals surface area contributed by atoms with Crippen LogP contribution in [0.3, 0.4) is 0 Å². The van der Waals surface area contributed by atoms with Crippen LogP contribution in [0.4, 0.5) is 4.53 Å². The van der Waals surface area contributed by atoms with E-state index in [9.17, 15) is 9.32 Å². The quantitative estimate of drug-likeness (QED) is 0.488. The highest BCUT2D eigenvalue weighted by Crippen LogP contribution is 2.71. The fraction of sp³-hybridized carbons (Fsp3) is 0.960. The predicted molar refractivity (Wildman–Crippen MR) is 108 cm³/mol. The Morgan fingerprint density at radius 1 is 0.821 bits per heavy atom. The maximum absolute atomic E-state index is 13.0. The van der Waals surface area contributed by atoms with E-state index in [4.69, 9.17) is 0 Å². The van der Waals surface area contributed by atoms with Gasteiger partial charge in [0.1, 0.15) is 0 Å². The summed E-state index contributed by atoms with van der Waals surface area (Å²) >= 11 is 0. The van der Waals surface area contributed by atoms with E-state index >= 15 is 0 Å². The Kier molecular flexibility index (Phi) is 4.46. The Morgan fingerprint density at radius 3 is 2.32 bits per heavy atom. The highest BCUT2D eigenvalue weighted by Gasteiger charge is 2.65. The molecule has 5 rings (SSSR count). The Balaban J connectivity index is 1.47. The average Bonchev–Trinajstić information content (AvgIpc) is 3.12. The number of hydrogen-bond acceptors (Lipinski definition) is 2. The van der Waals surface area contributed by atoms with Crippen LogP contribution in [0.25, 0.3) is 0 Å². The molecule has 5 aliphatic carbocycles. The van der Waals surface area contributed by atoms with Crippen molar-refractivity contribution in [2.75, 3.05) is 0 Å². The minimum absolute atomic E-state index is 0.364. The fourth-order valence-corrected chi connectivity index (χ4v) is 10.3. The maximum atomic E-state index is 13.0. The van der Waals surface area contributed by atoms with Crippen molar-refractivity contribution in [1.29, 1.82) is 0 Å². The summed E-state index contributed by atoms with van der Waals surface area (Å²) in [5, 5.41) is 0. The first-order chi connectivity index (χ1) is 13.4. The van der Waals surface area contributed by atoms with Gasteiger partial charge >= 0.3 is 5.97 Å². The van der Waals surface area contributed by atoms with E-state index in [1.807, 2.05) is 0 Å². The largest absolute Gasteiger partial charge is 0.355 e. The van der Waals surface area contributed by atoms with Crippen LogP contribution in [0.5, 0.6) is 0 Å². The van der Waals surface area contributed by atoms with Crippen molar-refractivity contribution in [3.05, 3.63) is 0 Å². The van der Waals surface area contributed by atoms with Gasteiger partial charge in [0.15, 0.2) is 0 Å². The zero-order chi connectivity index (χ0) is 19.7. The average molecular weight is 391 g/mol. The van der Waals surface area contributed by atoms with Gasteiger partial charge in [-0.3, -0.25) is 4.94 Å². The number of hydrogen-bond donors (Lipinski definition) is 0. The van der Waals surface area contributed by atoms with Gasteiger partial charge in [-0.15, -0.1) is 0 Å². The molecular formula is C25H39FO2. The molecule has 2 nitrogen and oxygen atoms in total. The molecule has 158 valence electrons. The molecular weight excluding hydrogens is 351 g/mol. The summed E-state index contributed by atoms with van der Waals surface area (Å²) < 4.78 is 13.0. The molecule has 9 unspecified atom stereocenters. The first-order valence-corrected chi connectivity index (χ1v) is 12.2. The lowest BCUT2D eigenvalue weighted by Crippen LogP contribution is -2.60. The summed E-state index contributed by atoms with van der Waals surface area (Å²) in [7, 11) is 0. The third-order valence-corrected chi connectivity index (χ3v) is 11.4. The molecule has 0 radical (unpaired) electrons. The van der Waals surface area contributed by atoms with E-state index in [0.29, 0.717) is 22.7 Å². The molecule has 3 heteroatoms. The summed E-state index contributed by atoms with van der Waals surface area (Å²) in [6.45, 7) is 7.76. The third kappa shape index (κ3) is 2.34. The van der Waals surface area contributed by atoms with Gasteiger partial charge in [-0.05, 0) is 104 Å². The number of halogens is 1. The smallest absolute Gasteiger partial charge is 0.254 e. The molecule has 0 amide bonds. The van der Waals surface area contributed by atoms with Crippen molar-refractivity contribution in [3.63, 3.8) is 0 Å². The van der Waals surface area contributed by atoms with Crippen LogP contribution >= 0.6 is 0 Å². The molecule has 0 N–H and O–H groups in total. The number of rotatable bonds is 1. The number of carbonyl (C=O) groups excluding carboxylic acids is 1. The van der Waals surface area contributed by atoms with Crippen LogP contribution in [0, 0.1) is 51.8 Å². The summed E-state index contributed by atoms with van der Waals surface area (Å²) in [6.07, 6.45) is 14.6. The summed E-state index contributed by atoms with van der Waals surface area (Å²) in [6, 6.07) is 0. The first-order valence-electron chi connectivity index (χ1n) is 12.2. The molecule has 0 aromatic carbocycles. The van der Waals surface area contributed by atoms with E-state index in [1.54, 1.807) is 0 Å². The highest BCUT2D eigenvalue weighted by atomic mass is 19.3. The molecule has 5 fully saturated rings. The molecule has 5 saturated carbocycles. The zero-order valence-electron chi connectivity index (χ0n) is 18.1. The van der Waals surface area contributed by atoms with Crippen LogP contribution in [-0.2, 0) is 9.74 Å². The molecule has 0 aliphatic heterocycles. The van der Waals surface area contributed by atoms with Crippen molar-refractivity contribution >= 4 is 5.97 Å². The Labute approximate surface area is 170 Å². The standard InChI is InChI=1S/C25H39FO2/c1-16-6-4-12-23(2)18(16)10-14-24(3)19-11-15-25(22(27)28-26)13-5-7-20(25)17(19)8-9-21(23)24/h16-21H,4-15H2,1-3H3. The fourth-order valence-electron chi connectivity index (χ4n) is 10.3. The zero-order valence-corrected chi connectivity index (χ0v) is 18.1. The first kappa shape index (κ1) is 19.4. The lowest BCUT2D eigenvalue weighted by molar-refractivity contribution is -0.216. The molecule has 0 heterocycles. The second-order valence-corrected chi connectivity index (χ2v) is 12.0. The molecule has 0 aromatic rings. The van der Waals surface area contributed by atoms with Crippen LogP contribution in [-0.4, -0.2) is 5.97 Å². The molecule has 0 bridgehead atoms. The van der Waals surface area contributed by atoms with Gasteiger partial charge in [0.05, 0.1) is 5.41 Å².